The SMILES string of the molecule is COc1ccc(Cl)cc1C(Cl)C1COc2ccccc21. The summed E-state index contributed by atoms with van der Waals surface area (Å²) in [6.45, 7) is 0.573. The molecule has 2 unspecified atom stereocenters. The van der Waals surface area contributed by atoms with Gasteiger partial charge in [-0.15, -0.1) is 11.6 Å². The fourth-order valence-electron chi connectivity index (χ4n) is 2.57. The summed E-state index contributed by atoms with van der Waals surface area (Å²) >= 11 is 12.8. The number of hydrogen-bond acceptors (Lipinski definition) is 2. The van der Waals surface area contributed by atoms with Crippen LogP contribution in [0.1, 0.15) is 22.4 Å². The molecular weight excluding hydrogens is 295 g/mol. The van der Waals surface area contributed by atoms with E-state index in [1.54, 1.807) is 13.2 Å². The monoisotopic (exact) mass is 308 g/mol. The topological polar surface area (TPSA) is 18.5 Å². The minimum Gasteiger partial charge on any atom is -0.496 e. The number of halogens is 2. The normalized spacial score (nSPS) is 18.2. The van der Waals surface area contributed by atoms with Crippen LogP contribution in [0, 0.1) is 0 Å². The van der Waals surface area contributed by atoms with E-state index in [1.165, 1.54) is 0 Å². The van der Waals surface area contributed by atoms with Crippen LogP contribution in [-0.4, -0.2) is 13.7 Å². The Labute approximate surface area is 128 Å². The average molecular weight is 309 g/mol. The first kappa shape index (κ1) is 13.6. The van der Waals surface area contributed by atoms with Gasteiger partial charge >= 0.3 is 0 Å². The van der Waals surface area contributed by atoms with E-state index < -0.39 is 0 Å². The van der Waals surface area contributed by atoms with Crippen molar-refractivity contribution in [3.05, 3.63) is 58.6 Å². The second-order valence-corrected chi connectivity index (χ2v) is 5.65. The first-order valence-electron chi connectivity index (χ1n) is 6.40. The standard InChI is InChI=1S/C16H14Cl2O2/c1-19-14-7-6-10(17)8-12(14)16(18)13-9-20-15-5-3-2-4-11(13)15/h2-8,13,16H,9H2,1H3. The van der Waals surface area contributed by atoms with Gasteiger partial charge in [0, 0.05) is 22.1 Å². The molecule has 1 aliphatic heterocycles. The van der Waals surface area contributed by atoms with Gasteiger partial charge in [0.15, 0.2) is 0 Å². The van der Waals surface area contributed by atoms with Gasteiger partial charge in [0.1, 0.15) is 11.5 Å². The minimum atomic E-state index is -0.243. The molecule has 0 saturated carbocycles. The van der Waals surface area contributed by atoms with Crippen LogP contribution < -0.4 is 9.47 Å². The summed E-state index contributed by atoms with van der Waals surface area (Å²) < 4.78 is 11.1. The molecule has 20 heavy (non-hydrogen) atoms. The third-order valence-electron chi connectivity index (χ3n) is 3.58. The van der Waals surface area contributed by atoms with Gasteiger partial charge in [-0.2, -0.15) is 0 Å². The largest absolute Gasteiger partial charge is 0.496 e. The molecule has 2 nitrogen and oxygen atoms in total. The summed E-state index contributed by atoms with van der Waals surface area (Å²) in [7, 11) is 1.63. The molecular formula is C16H14Cl2O2. The highest BCUT2D eigenvalue weighted by molar-refractivity contribution is 6.31. The lowest BCUT2D eigenvalue weighted by molar-refractivity contribution is 0.326. The lowest BCUT2D eigenvalue weighted by Gasteiger charge is -2.19. The number of fused-ring (bicyclic) bond motifs is 1. The maximum Gasteiger partial charge on any atom is 0.123 e. The van der Waals surface area contributed by atoms with E-state index >= 15 is 0 Å². The molecule has 2 aromatic carbocycles. The molecule has 1 heterocycles. The smallest absolute Gasteiger partial charge is 0.123 e. The van der Waals surface area contributed by atoms with Crippen molar-refractivity contribution in [2.45, 2.75) is 11.3 Å². The van der Waals surface area contributed by atoms with Gasteiger partial charge in [-0.3, -0.25) is 0 Å². The zero-order chi connectivity index (χ0) is 14.1. The molecule has 0 aliphatic carbocycles. The van der Waals surface area contributed by atoms with Gasteiger partial charge in [0.05, 0.1) is 19.1 Å². The molecule has 104 valence electrons. The number of benzene rings is 2. The van der Waals surface area contributed by atoms with Gasteiger partial charge in [0.2, 0.25) is 0 Å². The second-order valence-electron chi connectivity index (χ2n) is 4.74. The molecule has 4 heteroatoms. The maximum absolute atomic E-state index is 6.68. The first-order chi connectivity index (χ1) is 9.70. The summed E-state index contributed by atoms with van der Waals surface area (Å²) in [4.78, 5) is 0. The van der Waals surface area contributed by atoms with E-state index in [9.17, 15) is 0 Å². The summed E-state index contributed by atoms with van der Waals surface area (Å²) in [5, 5.41) is 0.408. The maximum atomic E-state index is 6.68. The van der Waals surface area contributed by atoms with Crippen LogP contribution in [0.3, 0.4) is 0 Å². The number of methoxy groups -OCH3 is 1. The second kappa shape index (κ2) is 5.55. The Kier molecular flexibility index (Phi) is 3.77. The first-order valence-corrected chi connectivity index (χ1v) is 7.21. The van der Waals surface area contributed by atoms with E-state index in [-0.39, 0.29) is 11.3 Å². The van der Waals surface area contributed by atoms with Crippen LogP contribution in [0.4, 0.5) is 0 Å². The Hall–Kier alpha value is -1.38. The quantitative estimate of drug-likeness (QED) is 0.758. The molecule has 1 aliphatic rings. The highest BCUT2D eigenvalue weighted by Crippen LogP contribution is 2.46. The van der Waals surface area contributed by atoms with E-state index in [0.717, 1.165) is 22.6 Å². The fraction of sp³-hybridized carbons (Fsp3) is 0.250. The summed E-state index contributed by atoms with van der Waals surface area (Å²) in [6, 6.07) is 13.5. The van der Waals surface area contributed by atoms with Crippen molar-refractivity contribution in [1.82, 2.24) is 0 Å². The fourth-order valence-corrected chi connectivity index (χ4v) is 3.13. The third kappa shape index (κ3) is 2.34. The van der Waals surface area contributed by atoms with Crippen LogP contribution in [0.25, 0.3) is 0 Å². The molecule has 0 radical (unpaired) electrons. The third-order valence-corrected chi connectivity index (χ3v) is 4.35. The predicted octanol–water partition coefficient (Wildman–Crippen LogP) is 4.80. The Morgan fingerprint density at radius 2 is 2.05 bits per heavy atom. The molecule has 0 amide bonds. The van der Waals surface area contributed by atoms with Crippen molar-refractivity contribution >= 4 is 23.2 Å². The van der Waals surface area contributed by atoms with Gasteiger partial charge in [0.25, 0.3) is 0 Å². The van der Waals surface area contributed by atoms with Crippen LogP contribution in [0.5, 0.6) is 11.5 Å². The number of alkyl halides is 1. The average Bonchev–Trinajstić information content (AvgIpc) is 2.90. The highest BCUT2D eigenvalue weighted by atomic mass is 35.5. The Bertz CT molecular complexity index is 628. The highest BCUT2D eigenvalue weighted by Gasteiger charge is 2.32. The Balaban J connectivity index is 1.98. The van der Waals surface area contributed by atoms with Crippen LogP contribution in [0.15, 0.2) is 42.5 Å². The molecule has 3 rings (SSSR count). The van der Waals surface area contributed by atoms with Crippen LogP contribution in [-0.2, 0) is 0 Å². The van der Waals surface area contributed by atoms with Gasteiger partial charge < -0.3 is 9.47 Å². The molecule has 2 aromatic rings. The molecule has 0 aromatic heterocycles. The van der Waals surface area contributed by atoms with Crippen molar-refractivity contribution in [2.75, 3.05) is 13.7 Å². The number of ether oxygens (including phenoxy) is 2. The molecule has 2 atom stereocenters. The molecule has 0 N–H and O–H groups in total. The molecule has 0 saturated heterocycles. The van der Waals surface area contributed by atoms with Crippen molar-refractivity contribution in [2.24, 2.45) is 0 Å². The summed E-state index contributed by atoms with van der Waals surface area (Å²) in [5.41, 5.74) is 2.03. The number of rotatable bonds is 3. The molecule has 0 spiro atoms. The van der Waals surface area contributed by atoms with Crippen LogP contribution in [0.2, 0.25) is 5.02 Å². The molecule has 0 fully saturated rings. The van der Waals surface area contributed by atoms with E-state index in [1.807, 2.05) is 30.3 Å². The minimum absolute atomic E-state index is 0.0974. The van der Waals surface area contributed by atoms with Crippen LogP contribution >= 0.6 is 23.2 Å². The van der Waals surface area contributed by atoms with E-state index in [4.69, 9.17) is 32.7 Å². The summed E-state index contributed by atoms with van der Waals surface area (Å²) in [6.07, 6.45) is 0. The van der Waals surface area contributed by atoms with Crippen molar-refractivity contribution in [1.29, 1.82) is 0 Å². The lowest BCUT2D eigenvalue weighted by atomic mass is 9.93. The number of hydrogen-bond donors (Lipinski definition) is 0. The van der Waals surface area contributed by atoms with Gasteiger partial charge in [-0.25, -0.2) is 0 Å². The van der Waals surface area contributed by atoms with Gasteiger partial charge in [-0.05, 0) is 24.3 Å². The Morgan fingerprint density at radius 1 is 1.25 bits per heavy atom. The van der Waals surface area contributed by atoms with Gasteiger partial charge in [-0.1, -0.05) is 29.8 Å². The molecule has 0 bridgehead atoms. The summed E-state index contributed by atoms with van der Waals surface area (Å²) in [5.74, 6) is 1.75. The van der Waals surface area contributed by atoms with Crippen molar-refractivity contribution in [3.8, 4) is 11.5 Å². The van der Waals surface area contributed by atoms with E-state index in [2.05, 4.69) is 6.07 Å². The lowest BCUT2D eigenvalue weighted by Crippen LogP contribution is -2.09. The number of para-hydroxylation sites is 1. The van der Waals surface area contributed by atoms with Crippen molar-refractivity contribution < 1.29 is 9.47 Å². The Morgan fingerprint density at radius 3 is 2.85 bits per heavy atom. The van der Waals surface area contributed by atoms with E-state index in [0.29, 0.717) is 11.6 Å². The predicted molar refractivity (Wildman–Crippen MR) is 81.3 cm³/mol. The zero-order valence-corrected chi connectivity index (χ0v) is 12.5. The zero-order valence-electron chi connectivity index (χ0n) is 11.0. The van der Waals surface area contributed by atoms with Crippen molar-refractivity contribution in [3.63, 3.8) is 0 Å².